The SMILES string of the molecule is C=N[C@@H](C[C@H](Cc1ccc(OC)c(OCCCOC)c1)C(C)C)C1C[C@@H](C(C)C)C(=O)O1. The predicted octanol–water partition coefficient (Wildman–Crippen LogP) is 4.97. The first-order chi connectivity index (χ1) is 15.3. The third-order valence-corrected chi connectivity index (χ3v) is 6.49. The molecule has 0 bridgehead atoms. The van der Waals surface area contributed by atoms with Crippen molar-refractivity contribution in [2.24, 2.45) is 28.7 Å². The van der Waals surface area contributed by atoms with Crippen LogP contribution in [-0.2, 0) is 20.7 Å². The third kappa shape index (κ3) is 7.22. The fraction of sp³-hybridized carbons (Fsp3) is 0.692. The van der Waals surface area contributed by atoms with E-state index in [0.29, 0.717) is 25.0 Å². The van der Waals surface area contributed by atoms with E-state index in [-0.39, 0.29) is 30.0 Å². The number of aliphatic imine (C=N–C) groups is 1. The molecule has 2 rings (SSSR count). The lowest BCUT2D eigenvalue weighted by atomic mass is 9.82. The molecule has 0 N–H and O–H groups in total. The van der Waals surface area contributed by atoms with E-state index in [1.165, 1.54) is 5.56 Å². The minimum absolute atomic E-state index is 0.0406. The lowest BCUT2D eigenvalue weighted by Crippen LogP contribution is -2.29. The Kier molecular flexibility index (Phi) is 10.5. The van der Waals surface area contributed by atoms with Crippen molar-refractivity contribution in [3.05, 3.63) is 23.8 Å². The monoisotopic (exact) mass is 447 g/mol. The van der Waals surface area contributed by atoms with Crippen LogP contribution in [0.2, 0.25) is 0 Å². The Morgan fingerprint density at radius 1 is 1.16 bits per heavy atom. The Morgan fingerprint density at radius 3 is 2.47 bits per heavy atom. The van der Waals surface area contributed by atoms with Crippen LogP contribution < -0.4 is 9.47 Å². The lowest BCUT2D eigenvalue weighted by molar-refractivity contribution is -0.145. The van der Waals surface area contributed by atoms with Crippen molar-refractivity contribution >= 4 is 12.7 Å². The quantitative estimate of drug-likeness (QED) is 0.229. The molecule has 6 heteroatoms. The summed E-state index contributed by atoms with van der Waals surface area (Å²) in [4.78, 5) is 16.6. The molecule has 32 heavy (non-hydrogen) atoms. The molecule has 180 valence electrons. The van der Waals surface area contributed by atoms with Crippen LogP contribution in [0.3, 0.4) is 0 Å². The highest BCUT2D eigenvalue weighted by molar-refractivity contribution is 5.75. The van der Waals surface area contributed by atoms with Gasteiger partial charge in [-0.25, -0.2) is 0 Å². The molecule has 0 spiro atoms. The number of nitrogens with zero attached hydrogens (tertiary/aromatic N) is 1. The highest BCUT2D eigenvalue weighted by Crippen LogP contribution is 2.35. The van der Waals surface area contributed by atoms with Gasteiger partial charge in [0, 0.05) is 26.6 Å². The fourth-order valence-corrected chi connectivity index (χ4v) is 4.31. The van der Waals surface area contributed by atoms with Crippen molar-refractivity contribution in [1.29, 1.82) is 0 Å². The maximum atomic E-state index is 12.3. The van der Waals surface area contributed by atoms with Crippen LogP contribution in [-0.4, -0.2) is 52.3 Å². The molecule has 6 nitrogen and oxygen atoms in total. The van der Waals surface area contributed by atoms with Crippen molar-refractivity contribution in [1.82, 2.24) is 0 Å². The number of carbonyl (C=O) groups excluding carboxylic acids is 1. The maximum absolute atomic E-state index is 12.3. The number of benzene rings is 1. The lowest BCUT2D eigenvalue weighted by Gasteiger charge is -2.27. The normalized spacial score (nSPS) is 20.3. The van der Waals surface area contributed by atoms with Gasteiger partial charge in [0.1, 0.15) is 6.10 Å². The standard InChI is InChI=1S/C26H41NO5/c1-17(2)20(15-22(27-5)24-16-21(18(3)4)26(28)32-24)13-19-9-10-23(30-7)25(14-19)31-12-8-11-29-6/h9-10,14,17-18,20-22,24H,5,8,11-13,15-16H2,1-4,6-7H3/t20-,21-,22-,24?/m0/s1. The van der Waals surface area contributed by atoms with Gasteiger partial charge >= 0.3 is 5.97 Å². The highest BCUT2D eigenvalue weighted by Gasteiger charge is 2.40. The summed E-state index contributed by atoms with van der Waals surface area (Å²) in [6.07, 6.45) is 3.09. The largest absolute Gasteiger partial charge is 0.493 e. The van der Waals surface area contributed by atoms with E-state index >= 15 is 0 Å². The van der Waals surface area contributed by atoms with Crippen LogP contribution in [0.5, 0.6) is 11.5 Å². The average molecular weight is 448 g/mol. The van der Waals surface area contributed by atoms with Gasteiger partial charge in [0.05, 0.1) is 25.7 Å². The zero-order chi connectivity index (χ0) is 23.7. The summed E-state index contributed by atoms with van der Waals surface area (Å²) in [6, 6.07) is 6.05. The second-order valence-electron chi connectivity index (χ2n) is 9.44. The van der Waals surface area contributed by atoms with Crippen molar-refractivity contribution in [3.63, 3.8) is 0 Å². The minimum atomic E-state index is -0.177. The molecule has 1 unspecified atom stereocenters. The molecular formula is C26H41NO5. The summed E-state index contributed by atoms with van der Waals surface area (Å²) >= 11 is 0. The average Bonchev–Trinajstić information content (AvgIpc) is 3.15. The Balaban J connectivity index is 2.09. The van der Waals surface area contributed by atoms with Crippen LogP contribution in [0, 0.1) is 23.7 Å². The maximum Gasteiger partial charge on any atom is 0.309 e. The van der Waals surface area contributed by atoms with Crippen LogP contribution >= 0.6 is 0 Å². The summed E-state index contributed by atoms with van der Waals surface area (Å²) < 4.78 is 22.2. The smallest absolute Gasteiger partial charge is 0.309 e. The Morgan fingerprint density at radius 2 is 1.91 bits per heavy atom. The molecule has 1 aliphatic rings. The van der Waals surface area contributed by atoms with Crippen molar-refractivity contribution in [2.45, 2.75) is 65.5 Å². The Hall–Kier alpha value is -2.08. The molecule has 1 aromatic carbocycles. The zero-order valence-corrected chi connectivity index (χ0v) is 20.6. The van der Waals surface area contributed by atoms with Gasteiger partial charge in [-0.3, -0.25) is 9.79 Å². The van der Waals surface area contributed by atoms with Crippen LogP contribution in [0.25, 0.3) is 0 Å². The molecule has 0 radical (unpaired) electrons. The molecule has 1 heterocycles. The molecule has 0 aliphatic carbocycles. The van der Waals surface area contributed by atoms with E-state index in [4.69, 9.17) is 18.9 Å². The summed E-state index contributed by atoms with van der Waals surface area (Å²) in [5, 5.41) is 0. The molecule has 0 saturated carbocycles. The number of methoxy groups -OCH3 is 2. The van der Waals surface area contributed by atoms with Gasteiger partial charge in [0.25, 0.3) is 0 Å². The first-order valence-electron chi connectivity index (χ1n) is 11.8. The number of hydrogen-bond donors (Lipinski definition) is 0. The van der Waals surface area contributed by atoms with E-state index in [2.05, 4.69) is 51.5 Å². The summed E-state index contributed by atoms with van der Waals surface area (Å²) in [7, 11) is 3.34. The van der Waals surface area contributed by atoms with Crippen molar-refractivity contribution in [3.8, 4) is 11.5 Å². The molecule has 0 aromatic heterocycles. The number of ether oxygens (including phenoxy) is 4. The van der Waals surface area contributed by atoms with Crippen molar-refractivity contribution < 1.29 is 23.7 Å². The summed E-state index contributed by atoms with van der Waals surface area (Å²) in [6.45, 7) is 13.7. The van der Waals surface area contributed by atoms with Gasteiger partial charge in [-0.1, -0.05) is 33.8 Å². The minimum Gasteiger partial charge on any atom is -0.493 e. The highest BCUT2D eigenvalue weighted by atomic mass is 16.6. The van der Waals surface area contributed by atoms with E-state index < -0.39 is 0 Å². The van der Waals surface area contributed by atoms with E-state index in [9.17, 15) is 4.79 Å². The van der Waals surface area contributed by atoms with E-state index in [0.717, 1.165) is 37.2 Å². The zero-order valence-electron chi connectivity index (χ0n) is 20.6. The number of cyclic esters (lactones) is 1. The fourth-order valence-electron chi connectivity index (χ4n) is 4.31. The first kappa shape index (κ1) is 26.2. The van der Waals surface area contributed by atoms with Gasteiger partial charge < -0.3 is 18.9 Å². The van der Waals surface area contributed by atoms with E-state index in [1.54, 1.807) is 14.2 Å². The second-order valence-corrected chi connectivity index (χ2v) is 9.44. The van der Waals surface area contributed by atoms with Gasteiger partial charge in [-0.05, 0) is 55.0 Å². The molecule has 1 saturated heterocycles. The number of esters is 1. The molecular weight excluding hydrogens is 406 g/mol. The number of hydrogen-bond acceptors (Lipinski definition) is 6. The molecule has 4 atom stereocenters. The van der Waals surface area contributed by atoms with Crippen LogP contribution in [0.4, 0.5) is 0 Å². The number of carbonyl (C=O) groups is 1. The second kappa shape index (κ2) is 12.8. The molecule has 1 aromatic rings. The third-order valence-electron chi connectivity index (χ3n) is 6.49. The van der Waals surface area contributed by atoms with Gasteiger partial charge in [-0.2, -0.15) is 0 Å². The Labute approximate surface area is 193 Å². The van der Waals surface area contributed by atoms with Crippen molar-refractivity contribution in [2.75, 3.05) is 27.4 Å². The van der Waals surface area contributed by atoms with E-state index in [1.807, 2.05) is 6.07 Å². The first-order valence-corrected chi connectivity index (χ1v) is 11.8. The Bertz CT molecular complexity index is 733. The summed E-state index contributed by atoms with van der Waals surface area (Å²) in [5.74, 6) is 2.45. The van der Waals surface area contributed by atoms with Gasteiger partial charge in [0.15, 0.2) is 11.5 Å². The predicted molar refractivity (Wildman–Crippen MR) is 128 cm³/mol. The van der Waals surface area contributed by atoms with Crippen LogP contribution in [0.1, 0.15) is 52.5 Å². The van der Waals surface area contributed by atoms with Crippen LogP contribution in [0.15, 0.2) is 23.2 Å². The number of rotatable bonds is 14. The van der Waals surface area contributed by atoms with Gasteiger partial charge in [0.2, 0.25) is 0 Å². The topological polar surface area (TPSA) is 66.3 Å². The molecule has 0 amide bonds. The summed E-state index contributed by atoms with van der Waals surface area (Å²) in [5.41, 5.74) is 1.19. The molecule has 1 fully saturated rings. The molecule has 1 aliphatic heterocycles. The van der Waals surface area contributed by atoms with Gasteiger partial charge in [-0.15, -0.1) is 0 Å².